The number of thiophene rings is 1. The van der Waals surface area contributed by atoms with Crippen LogP contribution in [-0.2, 0) is 22.9 Å². The van der Waals surface area contributed by atoms with Gasteiger partial charge >= 0.3 is 0 Å². The van der Waals surface area contributed by atoms with E-state index in [2.05, 4.69) is 9.97 Å². The van der Waals surface area contributed by atoms with Gasteiger partial charge in [0.2, 0.25) is 10.0 Å². The topological polar surface area (TPSA) is 63.2 Å². The first-order valence-corrected chi connectivity index (χ1v) is 12.0. The van der Waals surface area contributed by atoms with Crippen LogP contribution < -0.4 is 0 Å². The minimum Gasteiger partial charge on any atom is -0.229 e. The van der Waals surface area contributed by atoms with E-state index in [9.17, 15) is 8.42 Å². The summed E-state index contributed by atoms with van der Waals surface area (Å²) >= 11 is 3.60. The average Bonchev–Trinajstić information content (AvgIpc) is 3.17. The number of thioether (sulfide) groups is 1. The summed E-state index contributed by atoms with van der Waals surface area (Å²) in [7, 11) is -3.06. The number of sulfonamides is 1. The molecule has 1 saturated heterocycles. The van der Waals surface area contributed by atoms with Gasteiger partial charge in [0, 0.05) is 29.1 Å². The molecule has 0 unspecified atom stereocenters. The van der Waals surface area contributed by atoms with E-state index < -0.39 is 10.0 Å². The van der Waals surface area contributed by atoms with Gasteiger partial charge in [-0.1, -0.05) is 0 Å². The van der Waals surface area contributed by atoms with Crippen LogP contribution in [-0.4, -0.2) is 47.8 Å². The molecule has 2 aromatic rings. The molecule has 0 saturated carbocycles. The lowest BCUT2D eigenvalue weighted by Crippen LogP contribution is -2.27. The second-order valence-corrected chi connectivity index (χ2v) is 10.7. The third-order valence-corrected chi connectivity index (χ3v) is 8.58. The summed E-state index contributed by atoms with van der Waals surface area (Å²) in [6.07, 6.45) is 8.76. The van der Waals surface area contributed by atoms with Crippen molar-refractivity contribution in [3.8, 4) is 0 Å². The quantitative estimate of drug-likeness (QED) is 0.600. The summed E-state index contributed by atoms with van der Waals surface area (Å²) in [5, 5.41) is 2.34. The van der Waals surface area contributed by atoms with E-state index in [1.165, 1.54) is 41.3 Å². The van der Waals surface area contributed by atoms with Crippen LogP contribution in [0, 0.1) is 5.92 Å². The fourth-order valence-corrected chi connectivity index (χ4v) is 6.97. The highest BCUT2D eigenvalue weighted by Crippen LogP contribution is 2.40. The zero-order valence-corrected chi connectivity index (χ0v) is 16.1. The van der Waals surface area contributed by atoms with E-state index in [1.807, 2.05) is 11.3 Å². The van der Waals surface area contributed by atoms with Gasteiger partial charge in [0.05, 0.1) is 6.26 Å². The van der Waals surface area contributed by atoms with E-state index in [4.69, 9.17) is 0 Å². The Morgan fingerprint density at radius 3 is 2.96 bits per heavy atom. The minimum atomic E-state index is -3.06. The van der Waals surface area contributed by atoms with Crippen molar-refractivity contribution in [1.29, 1.82) is 0 Å². The summed E-state index contributed by atoms with van der Waals surface area (Å²) < 4.78 is 24.9. The smallest absolute Gasteiger partial charge is 0.211 e. The standard InChI is InChI=1S/C16H21N3O2S3/c1-24(20,21)19-7-6-11(8-19)9-22-15-14-12-4-2-3-5-13(12)23-16(14)18-10-17-15/h10-11H,2-9H2,1H3/t11-/m0/s1. The highest BCUT2D eigenvalue weighted by Gasteiger charge is 2.29. The normalized spacial score (nSPS) is 22.1. The molecule has 0 aromatic carbocycles. The van der Waals surface area contributed by atoms with Crippen LogP contribution in [0.5, 0.6) is 0 Å². The molecular formula is C16H21N3O2S3. The molecule has 5 nitrogen and oxygen atoms in total. The average molecular weight is 384 g/mol. The zero-order valence-electron chi connectivity index (χ0n) is 13.7. The number of nitrogens with zero attached hydrogens (tertiary/aromatic N) is 3. The molecule has 8 heteroatoms. The van der Waals surface area contributed by atoms with E-state index in [0.717, 1.165) is 28.5 Å². The molecule has 1 fully saturated rings. The lowest BCUT2D eigenvalue weighted by Gasteiger charge is -2.14. The molecule has 130 valence electrons. The Labute approximate surface area is 150 Å². The molecule has 4 rings (SSSR count). The Morgan fingerprint density at radius 1 is 1.33 bits per heavy atom. The maximum absolute atomic E-state index is 11.7. The highest BCUT2D eigenvalue weighted by molar-refractivity contribution is 7.99. The third kappa shape index (κ3) is 3.21. The van der Waals surface area contributed by atoms with Crippen molar-refractivity contribution in [2.45, 2.75) is 37.1 Å². The van der Waals surface area contributed by atoms with Gasteiger partial charge < -0.3 is 0 Å². The van der Waals surface area contributed by atoms with E-state index in [-0.39, 0.29) is 0 Å². The van der Waals surface area contributed by atoms with Crippen LogP contribution in [0.25, 0.3) is 10.2 Å². The Morgan fingerprint density at radius 2 is 2.17 bits per heavy atom. The first-order chi connectivity index (χ1) is 11.5. The maximum atomic E-state index is 11.7. The van der Waals surface area contributed by atoms with Gasteiger partial charge in [-0.15, -0.1) is 23.1 Å². The summed E-state index contributed by atoms with van der Waals surface area (Å²) in [4.78, 5) is 11.6. The van der Waals surface area contributed by atoms with Gasteiger partial charge in [-0.2, -0.15) is 0 Å². The molecule has 0 N–H and O–H groups in total. The minimum absolute atomic E-state index is 0.407. The molecule has 0 amide bonds. The molecule has 2 aromatic heterocycles. The van der Waals surface area contributed by atoms with E-state index in [1.54, 1.807) is 22.4 Å². The Bertz CT molecular complexity index is 863. The molecule has 3 heterocycles. The van der Waals surface area contributed by atoms with Gasteiger partial charge in [0.25, 0.3) is 0 Å². The van der Waals surface area contributed by atoms with Crippen molar-refractivity contribution in [3.63, 3.8) is 0 Å². The molecule has 1 atom stereocenters. The van der Waals surface area contributed by atoms with Crippen LogP contribution in [0.1, 0.15) is 29.7 Å². The number of hydrogen-bond acceptors (Lipinski definition) is 6. The van der Waals surface area contributed by atoms with Crippen LogP contribution >= 0.6 is 23.1 Å². The molecule has 2 aliphatic rings. The number of fused-ring (bicyclic) bond motifs is 3. The lowest BCUT2D eigenvalue weighted by atomic mass is 9.97. The summed E-state index contributed by atoms with van der Waals surface area (Å²) in [6, 6.07) is 0. The molecule has 0 bridgehead atoms. The second-order valence-electron chi connectivity index (χ2n) is 6.66. The number of hydrogen-bond donors (Lipinski definition) is 0. The predicted molar refractivity (Wildman–Crippen MR) is 99.3 cm³/mol. The summed E-state index contributed by atoms with van der Waals surface area (Å²) in [5.41, 5.74) is 1.47. The number of rotatable bonds is 4. The van der Waals surface area contributed by atoms with Crippen molar-refractivity contribution < 1.29 is 8.42 Å². The van der Waals surface area contributed by atoms with Gasteiger partial charge in [0.1, 0.15) is 16.2 Å². The largest absolute Gasteiger partial charge is 0.229 e. The van der Waals surface area contributed by atoms with Gasteiger partial charge in [0.15, 0.2) is 0 Å². The Kier molecular flexibility index (Phi) is 4.57. The van der Waals surface area contributed by atoms with Gasteiger partial charge in [-0.3, -0.25) is 0 Å². The predicted octanol–water partition coefficient (Wildman–Crippen LogP) is 2.94. The fourth-order valence-electron chi connectivity index (χ4n) is 3.60. The monoisotopic (exact) mass is 383 g/mol. The third-order valence-electron chi connectivity index (χ3n) is 4.89. The van der Waals surface area contributed by atoms with Crippen LogP contribution in [0.4, 0.5) is 0 Å². The second kappa shape index (κ2) is 6.55. The molecule has 0 spiro atoms. The zero-order chi connectivity index (χ0) is 16.7. The fraction of sp³-hybridized carbons (Fsp3) is 0.625. The highest BCUT2D eigenvalue weighted by atomic mass is 32.2. The Hall–Kier alpha value is -0.700. The van der Waals surface area contributed by atoms with E-state index in [0.29, 0.717) is 19.0 Å². The number of aromatic nitrogens is 2. The van der Waals surface area contributed by atoms with Crippen molar-refractivity contribution in [2.24, 2.45) is 5.92 Å². The van der Waals surface area contributed by atoms with Crippen LogP contribution in [0.2, 0.25) is 0 Å². The van der Waals surface area contributed by atoms with Crippen molar-refractivity contribution in [2.75, 3.05) is 25.1 Å². The molecule has 1 aliphatic heterocycles. The summed E-state index contributed by atoms with van der Waals surface area (Å²) in [5.74, 6) is 1.33. The lowest BCUT2D eigenvalue weighted by molar-refractivity contribution is 0.471. The van der Waals surface area contributed by atoms with Crippen LogP contribution in [0.15, 0.2) is 11.4 Å². The van der Waals surface area contributed by atoms with E-state index >= 15 is 0 Å². The Balaban J connectivity index is 1.52. The summed E-state index contributed by atoms with van der Waals surface area (Å²) in [6.45, 7) is 1.29. The number of aryl methyl sites for hydroxylation is 2. The molecule has 24 heavy (non-hydrogen) atoms. The first-order valence-electron chi connectivity index (χ1n) is 8.35. The molecule has 1 aliphatic carbocycles. The van der Waals surface area contributed by atoms with Crippen molar-refractivity contribution in [3.05, 3.63) is 16.8 Å². The SMILES string of the molecule is CS(=O)(=O)N1CC[C@H](CSc2ncnc3sc4c(c23)CCCC4)C1. The molecule has 0 radical (unpaired) electrons. The van der Waals surface area contributed by atoms with Crippen LogP contribution in [0.3, 0.4) is 0 Å². The molecular weight excluding hydrogens is 362 g/mol. The van der Waals surface area contributed by atoms with Gasteiger partial charge in [-0.25, -0.2) is 22.7 Å². The van der Waals surface area contributed by atoms with Crippen molar-refractivity contribution in [1.82, 2.24) is 14.3 Å². The van der Waals surface area contributed by atoms with Crippen molar-refractivity contribution >= 4 is 43.3 Å². The first kappa shape index (κ1) is 16.8. The maximum Gasteiger partial charge on any atom is 0.211 e. The van der Waals surface area contributed by atoms with Gasteiger partial charge in [-0.05, 0) is 43.6 Å².